The number of nitrogens with one attached hydrogen (secondary N) is 2. The second-order valence-electron chi connectivity index (χ2n) is 9.82. The molecule has 8 heteroatoms. The van der Waals surface area contributed by atoms with Gasteiger partial charge in [0.25, 0.3) is 5.56 Å². The third kappa shape index (κ3) is 4.09. The van der Waals surface area contributed by atoms with Crippen LogP contribution >= 0.6 is 0 Å². The predicted octanol–water partition coefficient (Wildman–Crippen LogP) is 3.50. The number of aromatic amines is 2. The molecule has 0 aliphatic carbocycles. The Morgan fingerprint density at radius 1 is 1.06 bits per heavy atom. The first-order chi connectivity index (χ1) is 16.3. The van der Waals surface area contributed by atoms with Crippen LogP contribution in [0.1, 0.15) is 13.8 Å². The fourth-order valence-electron chi connectivity index (χ4n) is 4.81. The molecule has 2 aromatic heterocycles. The Hall–Kier alpha value is -3.52. The van der Waals surface area contributed by atoms with Crippen LogP contribution in [0.5, 0.6) is 0 Å². The maximum absolute atomic E-state index is 13.0. The molecule has 0 unspecified atom stereocenters. The fourth-order valence-corrected chi connectivity index (χ4v) is 4.81. The van der Waals surface area contributed by atoms with E-state index in [1.807, 2.05) is 24.3 Å². The number of benzene rings is 2. The molecule has 178 valence electrons. The third-order valence-electron chi connectivity index (χ3n) is 6.69. The van der Waals surface area contributed by atoms with Gasteiger partial charge in [0.1, 0.15) is 11.4 Å². The lowest BCUT2D eigenvalue weighted by atomic mass is 10.1. The number of nitrogens with zero attached hydrogens (tertiary/aromatic N) is 4. The Kier molecular flexibility index (Phi) is 5.69. The molecule has 34 heavy (non-hydrogen) atoms. The SMILES string of the molecule is CC(C)CN(C)c1ccc2[nH]c(=O)c(-c3nc4ccc(N5CCN(C)CC5)cc4[nH]3)c(N)c2c1. The Balaban J connectivity index is 1.54. The Morgan fingerprint density at radius 3 is 2.56 bits per heavy atom. The van der Waals surface area contributed by atoms with Crippen LogP contribution in [0.3, 0.4) is 0 Å². The van der Waals surface area contributed by atoms with E-state index in [2.05, 4.69) is 64.7 Å². The molecule has 3 heterocycles. The lowest BCUT2D eigenvalue weighted by Gasteiger charge is -2.34. The van der Waals surface area contributed by atoms with Crippen molar-refractivity contribution in [2.75, 3.05) is 62.4 Å². The predicted molar refractivity (Wildman–Crippen MR) is 142 cm³/mol. The molecular formula is C26H33N7O. The van der Waals surface area contributed by atoms with Gasteiger partial charge in [-0.2, -0.15) is 0 Å². The number of nitrogen functional groups attached to an aromatic ring is 1. The molecule has 1 saturated heterocycles. The van der Waals surface area contributed by atoms with Gasteiger partial charge in [0.15, 0.2) is 0 Å². The number of piperazine rings is 1. The number of nitrogens with two attached hydrogens (primary N) is 1. The lowest BCUT2D eigenvalue weighted by Crippen LogP contribution is -2.44. The zero-order chi connectivity index (χ0) is 24.0. The Labute approximate surface area is 199 Å². The van der Waals surface area contributed by atoms with E-state index in [-0.39, 0.29) is 5.56 Å². The monoisotopic (exact) mass is 459 g/mol. The average Bonchev–Trinajstić information content (AvgIpc) is 3.21. The molecule has 1 fully saturated rings. The van der Waals surface area contributed by atoms with Gasteiger partial charge in [0, 0.05) is 56.5 Å². The quantitative estimate of drug-likeness (QED) is 0.423. The van der Waals surface area contributed by atoms with Crippen molar-refractivity contribution in [2.45, 2.75) is 13.8 Å². The van der Waals surface area contributed by atoms with Crippen LogP contribution in [0.4, 0.5) is 17.1 Å². The van der Waals surface area contributed by atoms with Crippen LogP contribution in [-0.4, -0.2) is 66.7 Å². The van der Waals surface area contributed by atoms with Crippen molar-refractivity contribution in [3.05, 3.63) is 46.8 Å². The molecule has 0 radical (unpaired) electrons. The highest BCUT2D eigenvalue weighted by Crippen LogP contribution is 2.31. The molecule has 8 nitrogen and oxygen atoms in total. The molecule has 1 aliphatic heterocycles. The largest absolute Gasteiger partial charge is 0.397 e. The zero-order valence-electron chi connectivity index (χ0n) is 20.4. The molecule has 0 saturated carbocycles. The number of H-pyrrole nitrogens is 2. The summed E-state index contributed by atoms with van der Waals surface area (Å²) in [6, 6.07) is 12.2. The summed E-state index contributed by atoms with van der Waals surface area (Å²) in [6.45, 7) is 9.40. The van der Waals surface area contributed by atoms with Gasteiger partial charge in [-0.1, -0.05) is 13.8 Å². The van der Waals surface area contributed by atoms with E-state index in [1.54, 1.807) is 0 Å². The van der Waals surface area contributed by atoms with Crippen molar-refractivity contribution >= 4 is 39.0 Å². The summed E-state index contributed by atoms with van der Waals surface area (Å²) in [5.74, 6) is 1.03. The van der Waals surface area contributed by atoms with Crippen LogP contribution in [0, 0.1) is 5.92 Å². The van der Waals surface area contributed by atoms with Crippen molar-refractivity contribution in [1.29, 1.82) is 0 Å². The molecule has 1 aliphatic rings. The summed E-state index contributed by atoms with van der Waals surface area (Å²) >= 11 is 0. The number of pyridine rings is 1. The minimum atomic E-state index is -0.244. The number of fused-ring (bicyclic) bond motifs is 2. The topological polar surface area (TPSA) is 97.3 Å². The van der Waals surface area contributed by atoms with E-state index in [0.717, 1.165) is 66.0 Å². The molecule has 4 aromatic rings. The summed E-state index contributed by atoms with van der Waals surface area (Å²) in [5.41, 5.74) is 11.8. The van der Waals surface area contributed by atoms with E-state index < -0.39 is 0 Å². The molecular weight excluding hydrogens is 426 g/mol. The summed E-state index contributed by atoms with van der Waals surface area (Å²) in [6.07, 6.45) is 0. The molecule has 2 aromatic carbocycles. The Morgan fingerprint density at radius 2 is 1.82 bits per heavy atom. The van der Waals surface area contributed by atoms with Crippen molar-refractivity contribution in [2.24, 2.45) is 5.92 Å². The van der Waals surface area contributed by atoms with Crippen LogP contribution < -0.4 is 21.1 Å². The van der Waals surface area contributed by atoms with Gasteiger partial charge in [-0.25, -0.2) is 4.98 Å². The van der Waals surface area contributed by atoms with E-state index in [4.69, 9.17) is 10.7 Å². The first-order valence-corrected chi connectivity index (χ1v) is 11.9. The van der Waals surface area contributed by atoms with Gasteiger partial charge in [-0.05, 0) is 49.4 Å². The van der Waals surface area contributed by atoms with Gasteiger partial charge in [-0.15, -0.1) is 0 Å². The van der Waals surface area contributed by atoms with Crippen LogP contribution in [0.15, 0.2) is 41.2 Å². The highest BCUT2D eigenvalue weighted by molar-refractivity contribution is 5.99. The van der Waals surface area contributed by atoms with Crippen molar-refractivity contribution in [3.8, 4) is 11.4 Å². The van der Waals surface area contributed by atoms with Crippen molar-refractivity contribution in [1.82, 2.24) is 19.9 Å². The van der Waals surface area contributed by atoms with E-state index in [9.17, 15) is 4.79 Å². The summed E-state index contributed by atoms with van der Waals surface area (Å²) in [7, 11) is 4.22. The number of hydrogen-bond donors (Lipinski definition) is 3. The second kappa shape index (κ2) is 8.68. The maximum atomic E-state index is 13.0. The molecule has 4 N–H and O–H groups in total. The third-order valence-corrected chi connectivity index (χ3v) is 6.69. The van der Waals surface area contributed by atoms with Gasteiger partial charge < -0.3 is 30.4 Å². The normalized spacial score (nSPS) is 15.0. The number of likely N-dealkylation sites (N-methyl/N-ethyl adjacent to an activating group) is 1. The zero-order valence-corrected chi connectivity index (χ0v) is 20.4. The summed E-state index contributed by atoms with van der Waals surface area (Å²) in [4.78, 5) is 31.0. The smallest absolute Gasteiger partial charge is 0.261 e. The number of imidazole rings is 1. The van der Waals surface area contributed by atoms with Gasteiger partial charge in [0.2, 0.25) is 0 Å². The van der Waals surface area contributed by atoms with Crippen LogP contribution in [0.25, 0.3) is 33.3 Å². The fraction of sp³-hybridized carbons (Fsp3) is 0.385. The highest BCUT2D eigenvalue weighted by Gasteiger charge is 2.19. The standard InChI is InChI=1S/C26H33N7O/c1-16(2)15-32(4)17-5-7-20-19(13-17)24(27)23(26(34)30-20)25-28-21-8-6-18(14-22(21)29-25)33-11-9-31(3)10-12-33/h5-8,13-14,16H,9-12,15H2,1-4H3,(H,28,29)(H3,27,30,34). The summed E-state index contributed by atoms with van der Waals surface area (Å²) < 4.78 is 0. The number of anilines is 3. The lowest BCUT2D eigenvalue weighted by molar-refractivity contribution is 0.313. The van der Waals surface area contributed by atoms with Gasteiger partial charge in [-0.3, -0.25) is 4.79 Å². The first kappa shape index (κ1) is 22.3. The minimum absolute atomic E-state index is 0.244. The van der Waals surface area contributed by atoms with Gasteiger partial charge in [0.05, 0.1) is 22.2 Å². The number of hydrogen-bond acceptors (Lipinski definition) is 6. The van der Waals surface area contributed by atoms with E-state index in [0.29, 0.717) is 23.0 Å². The maximum Gasteiger partial charge on any atom is 0.261 e. The first-order valence-electron chi connectivity index (χ1n) is 11.9. The van der Waals surface area contributed by atoms with Crippen molar-refractivity contribution in [3.63, 3.8) is 0 Å². The summed E-state index contributed by atoms with van der Waals surface area (Å²) in [5, 5.41) is 0.821. The van der Waals surface area contributed by atoms with Crippen LogP contribution in [-0.2, 0) is 0 Å². The molecule has 0 bridgehead atoms. The molecule has 0 spiro atoms. The van der Waals surface area contributed by atoms with Crippen LogP contribution in [0.2, 0.25) is 0 Å². The minimum Gasteiger partial charge on any atom is -0.397 e. The van der Waals surface area contributed by atoms with E-state index >= 15 is 0 Å². The second-order valence-corrected chi connectivity index (χ2v) is 9.82. The highest BCUT2D eigenvalue weighted by atomic mass is 16.1. The molecule has 5 rings (SSSR count). The van der Waals surface area contributed by atoms with Crippen molar-refractivity contribution < 1.29 is 0 Å². The number of rotatable bonds is 5. The van der Waals surface area contributed by atoms with Gasteiger partial charge >= 0.3 is 0 Å². The van der Waals surface area contributed by atoms with E-state index in [1.165, 1.54) is 0 Å². The molecule has 0 atom stereocenters. The number of aromatic nitrogens is 3. The molecule has 0 amide bonds. The Bertz CT molecular complexity index is 1400. The average molecular weight is 460 g/mol.